The second-order valence-corrected chi connectivity index (χ2v) is 6.25. The molecular formula is C16H21N3. The van der Waals surface area contributed by atoms with Crippen molar-refractivity contribution in [3.8, 4) is 6.07 Å². The van der Waals surface area contributed by atoms with E-state index in [4.69, 9.17) is 0 Å². The van der Waals surface area contributed by atoms with E-state index in [1.807, 2.05) is 19.1 Å². The molecule has 2 fully saturated rings. The van der Waals surface area contributed by atoms with Crippen LogP contribution in [0.5, 0.6) is 0 Å². The minimum absolute atomic E-state index is 0.691. The van der Waals surface area contributed by atoms with E-state index in [0.29, 0.717) is 5.56 Å². The molecule has 19 heavy (non-hydrogen) atoms. The number of hydrogen-bond donors (Lipinski definition) is 0. The van der Waals surface area contributed by atoms with Crippen LogP contribution in [0.25, 0.3) is 0 Å². The molecule has 1 aromatic heterocycles. The minimum atomic E-state index is 0.691. The number of aryl methyl sites for hydroxylation is 1. The Morgan fingerprint density at radius 1 is 1.37 bits per heavy atom. The summed E-state index contributed by atoms with van der Waals surface area (Å²) in [5.74, 6) is 3.55. The van der Waals surface area contributed by atoms with E-state index in [2.05, 4.69) is 23.0 Å². The molecular weight excluding hydrogens is 234 g/mol. The summed E-state index contributed by atoms with van der Waals surface area (Å²) in [4.78, 5) is 6.74. The third kappa shape index (κ3) is 2.32. The third-order valence-corrected chi connectivity index (χ3v) is 4.89. The summed E-state index contributed by atoms with van der Waals surface area (Å²) in [7, 11) is 2.08. The van der Waals surface area contributed by atoms with Crippen LogP contribution in [-0.4, -0.2) is 18.6 Å². The molecule has 100 valence electrons. The molecule has 1 heterocycles. The maximum absolute atomic E-state index is 9.21. The van der Waals surface area contributed by atoms with Gasteiger partial charge in [-0.15, -0.1) is 0 Å². The van der Waals surface area contributed by atoms with Crippen molar-refractivity contribution >= 4 is 5.82 Å². The highest BCUT2D eigenvalue weighted by molar-refractivity contribution is 5.53. The molecule has 2 aliphatic rings. The van der Waals surface area contributed by atoms with Crippen LogP contribution in [0.1, 0.15) is 36.9 Å². The molecule has 2 saturated carbocycles. The van der Waals surface area contributed by atoms with E-state index in [1.165, 1.54) is 25.7 Å². The summed E-state index contributed by atoms with van der Waals surface area (Å²) >= 11 is 0. The molecule has 3 nitrogen and oxygen atoms in total. The van der Waals surface area contributed by atoms with Crippen LogP contribution < -0.4 is 4.90 Å². The summed E-state index contributed by atoms with van der Waals surface area (Å²) in [5.41, 5.74) is 1.67. The molecule has 0 aromatic carbocycles. The average Bonchev–Trinajstić information content (AvgIpc) is 3.01. The molecule has 3 unspecified atom stereocenters. The molecule has 3 heteroatoms. The molecule has 2 bridgehead atoms. The third-order valence-electron chi connectivity index (χ3n) is 4.89. The average molecular weight is 255 g/mol. The molecule has 0 aliphatic heterocycles. The number of pyridine rings is 1. The van der Waals surface area contributed by atoms with Gasteiger partial charge in [0.1, 0.15) is 11.9 Å². The van der Waals surface area contributed by atoms with Gasteiger partial charge in [-0.05, 0) is 56.1 Å². The van der Waals surface area contributed by atoms with Crippen LogP contribution in [0.4, 0.5) is 5.82 Å². The van der Waals surface area contributed by atoms with E-state index in [0.717, 1.165) is 35.8 Å². The molecule has 0 spiro atoms. The van der Waals surface area contributed by atoms with Gasteiger partial charge in [-0.3, -0.25) is 0 Å². The Kier molecular flexibility index (Phi) is 3.18. The first kappa shape index (κ1) is 12.5. The van der Waals surface area contributed by atoms with Crippen molar-refractivity contribution in [1.82, 2.24) is 4.98 Å². The fourth-order valence-electron chi connectivity index (χ4n) is 3.96. The summed E-state index contributed by atoms with van der Waals surface area (Å²) in [6, 6.07) is 6.05. The fourth-order valence-corrected chi connectivity index (χ4v) is 3.96. The standard InChI is InChI=1S/C16H21N3/c1-11-3-5-14(9-17)16(18-11)19(2)10-15-8-12-4-6-13(15)7-12/h3,5,12-13,15H,4,6-8,10H2,1-2H3. The van der Waals surface area contributed by atoms with E-state index >= 15 is 0 Å². The molecule has 0 N–H and O–H groups in total. The zero-order chi connectivity index (χ0) is 13.4. The lowest BCUT2D eigenvalue weighted by molar-refractivity contribution is 0.337. The van der Waals surface area contributed by atoms with Crippen LogP contribution in [0, 0.1) is 36.0 Å². The van der Waals surface area contributed by atoms with Crippen LogP contribution in [0.15, 0.2) is 12.1 Å². The predicted octanol–water partition coefficient (Wildman–Crippen LogP) is 3.13. The van der Waals surface area contributed by atoms with Crippen molar-refractivity contribution in [1.29, 1.82) is 5.26 Å². The number of nitriles is 1. The van der Waals surface area contributed by atoms with E-state index in [1.54, 1.807) is 0 Å². The maximum Gasteiger partial charge on any atom is 0.146 e. The molecule has 0 amide bonds. The number of hydrogen-bond acceptors (Lipinski definition) is 3. The lowest BCUT2D eigenvalue weighted by Crippen LogP contribution is -2.29. The summed E-state index contributed by atoms with van der Waals surface area (Å²) in [6.45, 7) is 3.03. The van der Waals surface area contributed by atoms with Crippen LogP contribution in [0.3, 0.4) is 0 Å². The Labute approximate surface area is 115 Å². The van der Waals surface area contributed by atoms with Crippen molar-refractivity contribution in [2.24, 2.45) is 17.8 Å². The number of rotatable bonds is 3. The smallest absolute Gasteiger partial charge is 0.146 e. The maximum atomic E-state index is 9.21. The first-order valence-corrected chi connectivity index (χ1v) is 7.26. The van der Waals surface area contributed by atoms with Crippen molar-refractivity contribution in [3.05, 3.63) is 23.4 Å². The summed E-state index contributed by atoms with van der Waals surface area (Å²) < 4.78 is 0. The lowest BCUT2D eigenvalue weighted by atomic mass is 9.88. The first-order valence-electron chi connectivity index (χ1n) is 7.26. The van der Waals surface area contributed by atoms with Gasteiger partial charge in [0.2, 0.25) is 0 Å². The Balaban J connectivity index is 1.75. The molecule has 1 aromatic rings. The summed E-state index contributed by atoms with van der Waals surface area (Å²) in [5, 5.41) is 9.21. The Morgan fingerprint density at radius 2 is 2.21 bits per heavy atom. The predicted molar refractivity (Wildman–Crippen MR) is 75.9 cm³/mol. The zero-order valence-corrected chi connectivity index (χ0v) is 11.8. The minimum Gasteiger partial charge on any atom is -0.358 e. The first-order chi connectivity index (χ1) is 9.17. The highest BCUT2D eigenvalue weighted by Gasteiger charge is 2.39. The van der Waals surface area contributed by atoms with Crippen LogP contribution >= 0.6 is 0 Å². The monoisotopic (exact) mass is 255 g/mol. The number of fused-ring (bicyclic) bond motifs is 2. The Hall–Kier alpha value is -1.56. The van der Waals surface area contributed by atoms with Crippen LogP contribution in [0.2, 0.25) is 0 Å². The van der Waals surface area contributed by atoms with Gasteiger partial charge < -0.3 is 4.90 Å². The van der Waals surface area contributed by atoms with Crippen molar-refractivity contribution in [3.63, 3.8) is 0 Å². The second-order valence-electron chi connectivity index (χ2n) is 6.25. The van der Waals surface area contributed by atoms with Crippen molar-refractivity contribution < 1.29 is 0 Å². The van der Waals surface area contributed by atoms with Gasteiger partial charge in [0.25, 0.3) is 0 Å². The zero-order valence-electron chi connectivity index (χ0n) is 11.8. The molecule has 3 atom stereocenters. The Bertz CT molecular complexity index is 517. The molecule has 3 rings (SSSR count). The molecule has 0 saturated heterocycles. The highest BCUT2D eigenvalue weighted by Crippen LogP contribution is 2.48. The van der Waals surface area contributed by atoms with Crippen LogP contribution in [-0.2, 0) is 0 Å². The van der Waals surface area contributed by atoms with E-state index in [9.17, 15) is 5.26 Å². The SMILES string of the molecule is Cc1ccc(C#N)c(N(C)CC2CC3CCC2C3)n1. The molecule has 2 aliphatic carbocycles. The second kappa shape index (κ2) is 4.85. The topological polar surface area (TPSA) is 39.9 Å². The van der Waals surface area contributed by atoms with Gasteiger partial charge in [-0.2, -0.15) is 5.26 Å². The van der Waals surface area contributed by atoms with Crippen molar-refractivity contribution in [2.75, 3.05) is 18.5 Å². The molecule has 0 radical (unpaired) electrons. The van der Waals surface area contributed by atoms with Gasteiger partial charge in [-0.25, -0.2) is 4.98 Å². The summed E-state index contributed by atoms with van der Waals surface area (Å²) in [6.07, 6.45) is 5.67. The van der Waals surface area contributed by atoms with Gasteiger partial charge in [-0.1, -0.05) is 6.42 Å². The highest BCUT2D eigenvalue weighted by atomic mass is 15.2. The quantitative estimate of drug-likeness (QED) is 0.833. The van der Waals surface area contributed by atoms with Gasteiger partial charge in [0.15, 0.2) is 0 Å². The number of aromatic nitrogens is 1. The number of anilines is 1. The van der Waals surface area contributed by atoms with Crippen molar-refractivity contribution in [2.45, 2.75) is 32.6 Å². The van der Waals surface area contributed by atoms with Gasteiger partial charge in [0, 0.05) is 19.3 Å². The van der Waals surface area contributed by atoms with E-state index < -0.39 is 0 Å². The van der Waals surface area contributed by atoms with Gasteiger partial charge >= 0.3 is 0 Å². The van der Waals surface area contributed by atoms with Gasteiger partial charge in [0.05, 0.1) is 5.56 Å². The Morgan fingerprint density at radius 3 is 2.84 bits per heavy atom. The largest absolute Gasteiger partial charge is 0.358 e. The normalized spacial score (nSPS) is 28.4. The van der Waals surface area contributed by atoms with E-state index in [-0.39, 0.29) is 0 Å². The fraction of sp³-hybridized carbons (Fsp3) is 0.625. The lowest BCUT2D eigenvalue weighted by Gasteiger charge is -2.28. The number of nitrogens with zero attached hydrogens (tertiary/aromatic N) is 3.